The summed E-state index contributed by atoms with van der Waals surface area (Å²) in [5, 5.41) is 9.90. The van der Waals surface area contributed by atoms with E-state index in [4.69, 9.17) is 0 Å². The number of nitrogens with zero attached hydrogens (tertiary/aromatic N) is 4. The van der Waals surface area contributed by atoms with Crippen molar-refractivity contribution in [2.24, 2.45) is 16.8 Å². The zero-order valence-electron chi connectivity index (χ0n) is 25.2. The molecular weight excluding hydrogens is 553 g/mol. The van der Waals surface area contributed by atoms with Crippen molar-refractivity contribution in [2.75, 3.05) is 13.1 Å². The maximum absolute atomic E-state index is 14.2. The largest absolute Gasteiger partial charge is 0.395 e. The quantitative estimate of drug-likeness (QED) is 0.180. The van der Waals surface area contributed by atoms with E-state index in [0.717, 1.165) is 60.5 Å². The lowest BCUT2D eigenvalue weighted by molar-refractivity contribution is -0.164. The summed E-state index contributed by atoms with van der Waals surface area (Å²) in [5.41, 5.74) is 4.25. The van der Waals surface area contributed by atoms with Gasteiger partial charge in [0.2, 0.25) is 0 Å². The third-order valence-electron chi connectivity index (χ3n) is 7.78. The Labute approximate surface area is 252 Å². The van der Waals surface area contributed by atoms with E-state index in [9.17, 15) is 18.0 Å². The van der Waals surface area contributed by atoms with Crippen LogP contribution in [0, 0.1) is 18.8 Å². The molecule has 0 saturated heterocycles. The molecule has 1 unspecified atom stereocenters. The van der Waals surface area contributed by atoms with E-state index in [0.29, 0.717) is 25.1 Å². The highest BCUT2D eigenvalue weighted by molar-refractivity contribution is 5.80. The smallest absolute Gasteiger partial charge is 0.338 e. The first-order valence-corrected chi connectivity index (χ1v) is 15.5. The average molecular weight is 597 g/mol. The van der Waals surface area contributed by atoms with Crippen LogP contribution in [0.3, 0.4) is 0 Å². The van der Waals surface area contributed by atoms with Crippen LogP contribution in [0.4, 0.5) is 23.7 Å². The van der Waals surface area contributed by atoms with Crippen LogP contribution in [0.25, 0.3) is 16.8 Å². The molecule has 43 heavy (non-hydrogen) atoms. The Bertz CT molecular complexity index is 1340. The van der Waals surface area contributed by atoms with Gasteiger partial charge in [-0.15, -0.1) is 0 Å². The highest BCUT2D eigenvalue weighted by Crippen LogP contribution is 2.37. The van der Waals surface area contributed by atoms with Gasteiger partial charge in [-0.1, -0.05) is 44.4 Å². The number of alkyl halides is 3. The van der Waals surface area contributed by atoms with E-state index in [-0.39, 0.29) is 18.5 Å². The SMILES string of the molecule is CCCC=Nc1c(-c2cnn(C3=CCCC/C=C(\C(CCNC(=O)NCCCC4CC4)C(F)(F)F)C=C3)c2)ccnc1C. The zero-order chi connectivity index (χ0) is 30.7. The maximum Gasteiger partial charge on any atom is 0.395 e. The number of carbonyl (C=O) groups excluding carboxylic acids is 1. The van der Waals surface area contributed by atoms with Crippen LogP contribution in [0.2, 0.25) is 0 Å². The number of hydrogen-bond donors (Lipinski definition) is 2. The Morgan fingerprint density at radius 3 is 2.74 bits per heavy atom. The third-order valence-corrected chi connectivity index (χ3v) is 7.78. The number of unbranched alkanes of at least 4 members (excludes halogenated alkanes) is 1. The first-order valence-electron chi connectivity index (χ1n) is 15.5. The number of rotatable bonds is 13. The predicted molar refractivity (Wildman–Crippen MR) is 166 cm³/mol. The van der Waals surface area contributed by atoms with Gasteiger partial charge in [0.15, 0.2) is 0 Å². The number of allylic oxidation sites excluding steroid dienone is 6. The van der Waals surface area contributed by atoms with Gasteiger partial charge in [0.25, 0.3) is 0 Å². The summed E-state index contributed by atoms with van der Waals surface area (Å²) in [4.78, 5) is 21.1. The number of hydrogen-bond acceptors (Lipinski definition) is 4. The normalized spacial score (nSPS) is 17.9. The van der Waals surface area contributed by atoms with Gasteiger partial charge in [0, 0.05) is 42.8 Å². The Morgan fingerprint density at radius 2 is 1.98 bits per heavy atom. The molecule has 10 heteroatoms. The minimum Gasteiger partial charge on any atom is -0.338 e. The first kappa shape index (κ1) is 32.2. The second-order valence-electron chi connectivity index (χ2n) is 11.3. The predicted octanol–water partition coefficient (Wildman–Crippen LogP) is 8.32. The van der Waals surface area contributed by atoms with E-state index in [1.165, 1.54) is 12.8 Å². The van der Waals surface area contributed by atoms with Gasteiger partial charge in [0.1, 0.15) is 0 Å². The Kier molecular flexibility index (Phi) is 11.8. The lowest BCUT2D eigenvalue weighted by Crippen LogP contribution is -2.38. The molecule has 232 valence electrons. The second kappa shape index (κ2) is 15.7. The monoisotopic (exact) mass is 596 g/mol. The minimum atomic E-state index is -4.44. The second-order valence-corrected chi connectivity index (χ2v) is 11.3. The van der Waals surface area contributed by atoms with Crippen LogP contribution in [-0.2, 0) is 0 Å². The number of aliphatic imine (C=N–C) groups is 1. The summed E-state index contributed by atoms with van der Waals surface area (Å²) in [7, 11) is 0. The van der Waals surface area contributed by atoms with E-state index in [2.05, 4.69) is 32.6 Å². The molecule has 0 radical (unpaired) electrons. The van der Waals surface area contributed by atoms with Gasteiger partial charge in [-0.3, -0.25) is 9.98 Å². The number of aryl methyl sites for hydroxylation is 1. The standard InChI is InChI=1S/C33H43F3N6O/c1-3-4-18-38-31-24(2)37-20-16-29(31)27-22-41-42(23-27)28-11-7-5-6-10-26(14-15-28)30(33(34,35)36)17-21-40-32(43)39-19-8-9-25-12-13-25/h10-11,14-16,18,20,22-23,25,30H,3-9,12-13,17,19,21H2,1-2H3,(H2,39,40,43)/b15-14?,26-10-,28-11?,38-18?. The molecule has 0 aliphatic heterocycles. The molecule has 4 rings (SSSR count). The van der Waals surface area contributed by atoms with Crippen molar-refractivity contribution in [3.63, 3.8) is 0 Å². The van der Waals surface area contributed by atoms with Crippen LogP contribution in [0.15, 0.2) is 59.5 Å². The molecule has 2 amide bonds. The van der Waals surface area contributed by atoms with Crippen molar-refractivity contribution >= 4 is 23.6 Å². The van der Waals surface area contributed by atoms with E-state index >= 15 is 0 Å². The van der Waals surface area contributed by atoms with Gasteiger partial charge in [-0.25, -0.2) is 9.48 Å². The maximum atomic E-state index is 14.2. The summed E-state index contributed by atoms with van der Waals surface area (Å²) in [6, 6.07) is 1.48. The fraction of sp³-hybridized carbons (Fsp3) is 0.515. The van der Waals surface area contributed by atoms with Crippen LogP contribution in [0.5, 0.6) is 0 Å². The number of halogens is 3. The number of carbonyl (C=O) groups is 1. The molecule has 2 aliphatic carbocycles. The molecule has 1 saturated carbocycles. The van der Waals surface area contributed by atoms with Gasteiger partial charge in [-0.2, -0.15) is 18.3 Å². The molecular formula is C33H43F3N6O. The molecule has 2 aliphatic rings. The van der Waals surface area contributed by atoms with Crippen LogP contribution >= 0.6 is 0 Å². The molecule has 2 heterocycles. The van der Waals surface area contributed by atoms with E-state index < -0.39 is 18.1 Å². The van der Waals surface area contributed by atoms with Gasteiger partial charge < -0.3 is 10.6 Å². The van der Waals surface area contributed by atoms with Gasteiger partial charge in [-0.05, 0) is 75.5 Å². The molecule has 2 aromatic heterocycles. The topological polar surface area (TPSA) is 84.2 Å². The van der Waals surface area contributed by atoms with Crippen molar-refractivity contribution < 1.29 is 18.0 Å². The van der Waals surface area contributed by atoms with Crippen molar-refractivity contribution in [2.45, 2.75) is 84.2 Å². The summed E-state index contributed by atoms with van der Waals surface area (Å²) >= 11 is 0. The van der Waals surface area contributed by atoms with E-state index in [1.807, 2.05) is 31.5 Å². The summed E-state index contributed by atoms with van der Waals surface area (Å²) in [6.45, 7) is 4.48. The zero-order valence-corrected chi connectivity index (χ0v) is 25.2. The Morgan fingerprint density at radius 1 is 1.19 bits per heavy atom. The summed E-state index contributed by atoms with van der Waals surface area (Å²) < 4.78 is 44.4. The lowest BCUT2D eigenvalue weighted by Gasteiger charge is -2.22. The first-order chi connectivity index (χ1) is 20.8. The fourth-order valence-corrected chi connectivity index (χ4v) is 5.14. The van der Waals surface area contributed by atoms with Crippen molar-refractivity contribution in [1.82, 2.24) is 25.4 Å². The number of nitrogens with one attached hydrogen (secondary N) is 2. The number of amides is 2. The minimum absolute atomic E-state index is 0.0660. The molecule has 0 aromatic carbocycles. The Hall–Kier alpha value is -3.69. The van der Waals surface area contributed by atoms with Gasteiger partial charge >= 0.3 is 12.2 Å². The molecule has 0 bridgehead atoms. The molecule has 2 N–H and O–H groups in total. The van der Waals surface area contributed by atoms with Crippen LogP contribution < -0.4 is 10.6 Å². The molecule has 1 atom stereocenters. The van der Waals surface area contributed by atoms with Crippen molar-refractivity contribution in [3.8, 4) is 11.1 Å². The van der Waals surface area contributed by atoms with E-state index in [1.54, 1.807) is 35.3 Å². The third kappa shape index (κ3) is 9.93. The van der Waals surface area contributed by atoms with Crippen LogP contribution in [0.1, 0.15) is 76.8 Å². The molecule has 7 nitrogen and oxygen atoms in total. The summed E-state index contributed by atoms with van der Waals surface area (Å²) in [5.74, 6) is -0.902. The highest BCUT2D eigenvalue weighted by Gasteiger charge is 2.40. The number of pyridine rings is 1. The average Bonchev–Trinajstić information content (AvgIpc) is 3.64. The molecule has 0 spiro atoms. The number of urea groups is 1. The fourth-order valence-electron chi connectivity index (χ4n) is 5.14. The summed E-state index contributed by atoms with van der Waals surface area (Å²) in [6.07, 6.45) is 17.8. The lowest BCUT2D eigenvalue weighted by atomic mass is 9.93. The molecule has 2 aromatic rings. The van der Waals surface area contributed by atoms with Crippen molar-refractivity contribution in [1.29, 1.82) is 0 Å². The van der Waals surface area contributed by atoms with Crippen molar-refractivity contribution in [3.05, 3.63) is 60.2 Å². The Balaban J connectivity index is 1.44. The highest BCUT2D eigenvalue weighted by atomic mass is 19.4. The van der Waals surface area contributed by atoms with Gasteiger partial charge in [0.05, 0.1) is 29.2 Å². The van der Waals surface area contributed by atoms with Crippen LogP contribution in [-0.4, -0.2) is 46.3 Å². The molecule has 1 fully saturated rings. The number of aromatic nitrogens is 3.